The van der Waals surface area contributed by atoms with Crippen LogP contribution in [0.4, 0.5) is 0 Å². The first kappa shape index (κ1) is 11.6. The number of aryl methyl sites for hydroxylation is 1. The third kappa shape index (κ3) is 2.12. The van der Waals surface area contributed by atoms with Gasteiger partial charge in [-0.1, -0.05) is 50.6 Å². The molecule has 0 amide bonds. The van der Waals surface area contributed by atoms with Crippen LogP contribution in [0.5, 0.6) is 0 Å². The highest BCUT2D eigenvalue weighted by molar-refractivity contribution is 6.24. The van der Waals surface area contributed by atoms with Crippen LogP contribution in [-0.4, -0.2) is 0 Å². The van der Waals surface area contributed by atoms with Gasteiger partial charge in [-0.2, -0.15) is 0 Å². The van der Waals surface area contributed by atoms with Crippen molar-refractivity contribution in [1.29, 1.82) is 0 Å². The molecule has 0 aliphatic carbocycles. The molecule has 78 valence electrons. The minimum atomic E-state index is -0.307. The first-order chi connectivity index (χ1) is 6.25. The lowest BCUT2D eigenvalue weighted by atomic mass is 9.76. The molecule has 0 nitrogen and oxygen atoms in total. The maximum Gasteiger partial charge on any atom is 0.0715 e. The fourth-order valence-electron chi connectivity index (χ4n) is 1.37. The predicted molar refractivity (Wildman–Crippen MR) is 63.8 cm³/mol. The summed E-state index contributed by atoms with van der Waals surface area (Å²) in [4.78, 5) is -0.307. The molecule has 1 heteroatoms. The summed E-state index contributed by atoms with van der Waals surface area (Å²) >= 11 is 6.61. The van der Waals surface area contributed by atoms with Crippen molar-refractivity contribution < 1.29 is 0 Å². The Balaban J connectivity index is 3.16. The van der Waals surface area contributed by atoms with E-state index in [2.05, 4.69) is 58.9 Å². The monoisotopic (exact) mass is 210 g/mol. The Labute approximate surface area is 92.3 Å². The molecule has 1 unspecified atom stereocenters. The smallest absolute Gasteiger partial charge is 0.0715 e. The number of rotatable bonds is 1. The first-order valence-electron chi connectivity index (χ1n) is 5.01. The van der Waals surface area contributed by atoms with Gasteiger partial charge in [0.2, 0.25) is 0 Å². The summed E-state index contributed by atoms with van der Waals surface area (Å²) < 4.78 is 0. The molecule has 0 fully saturated rings. The molecule has 0 heterocycles. The van der Waals surface area contributed by atoms with E-state index in [0.717, 1.165) is 0 Å². The zero-order valence-electron chi connectivity index (χ0n) is 9.69. The highest BCUT2D eigenvalue weighted by Gasteiger charge is 2.36. The minimum Gasteiger partial charge on any atom is -0.114 e. The van der Waals surface area contributed by atoms with Crippen LogP contribution in [-0.2, 0) is 4.87 Å². The van der Waals surface area contributed by atoms with Crippen molar-refractivity contribution >= 4 is 11.6 Å². The minimum absolute atomic E-state index is 0.0579. The average molecular weight is 211 g/mol. The Morgan fingerprint density at radius 2 is 1.64 bits per heavy atom. The van der Waals surface area contributed by atoms with Crippen molar-refractivity contribution in [3.63, 3.8) is 0 Å². The summed E-state index contributed by atoms with van der Waals surface area (Å²) in [6, 6.07) is 8.43. The molecule has 1 rings (SSSR count). The molecule has 1 aromatic carbocycles. The van der Waals surface area contributed by atoms with Gasteiger partial charge < -0.3 is 0 Å². The summed E-state index contributed by atoms with van der Waals surface area (Å²) in [6.07, 6.45) is 0. The predicted octanol–water partition coefficient (Wildman–Crippen LogP) is 4.50. The highest BCUT2D eigenvalue weighted by Crippen LogP contribution is 2.44. The van der Waals surface area contributed by atoms with Gasteiger partial charge in [0.05, 0.1) is 4.87 Å². The second kappa shape index (κ2) is 3.58. The van der Waals surface area contributed by atoms with Gasteiger partial charge in [0.15, 0.2) is 0 Å². The first-order valence-corrected chi connectivity index (χ1v) is 5.39. The molecular formula is C13H19Cl. The normalized spacial score (nSPS) is 16.4. The molecule has 1 aromatic rings. The van der Waals surface area contributed by atoms with E-state index in [1.54, 1.807) is 0 Å². The second-order valence-electron chi connectivity index (χ2n) is 5.12. The van der Waals surface area contributed by atoms with Crippen LogP contribution in [0.15, 0.2) is 24.3 Å². The van der Waals surface area contributed by atoms with Crippen molar-refractivity contribution in [1.82, 2.24) is 0 Å². The Bertz CT molecular complexity index is 318. The summed E-state index contributed by atoms with van der Waals surface area (Å²) in [5.41, 5.74) is 2.52. The van der Waals surface area contributed by atoms with E-state index in [9.17, 15) is 0 Å². The molecule has 14 heavy (non-hydrogen) atoms. The van der Waals surface area contributed by atoms with Crippen molar-refractivity contribution in [3.8, 4) is 0 Å². The van der Waals surface area contributed by atoms with Crippen molar-refractivity contribution in [2.24, 2.45) is 5.41 Å². The molecular weight excluding hydrogens is 192 g/mol. The van der Waals surface area contributed by atoms with Gasteiger partial charge in [0, 0.05) is 0 Å². The molecule has 0 saturated heterocycles. The number of benzene rings is 1. The molecule has 0 aliphatic heterocycles. The lowest BCUT2D eigenvalue weighted by Crippen LogP contribution is -2.31. The van der Waals surface area contributed by atoms with Crippen LogP contribution >= 0.6 is 11.6 Å². The lowest BCUT2D eigenvalue weighted by molar-refractivity contribution is 0.296. The van der Waals surface area contributed by atoms with Crippen LogP contribution in [0.2, 0.25) is 0 Å². The molecule has 0 N–H and O–H groups in total. The largest absolute Gasteiger partial charge is 0.114 e. The fraction of sp³-hybridized carbons (Fsp3) is 0.538. The summed E-state index contributed by atoms with van der Waals surface area (Å²) in [7, 11) is 0. The van der Waals surface area contributed by atoms with E-state index in [-0.39, 0.29) is 10.3 Å². The number of hydrogen-bond acceptors (Lipinski definition) is 0. The van der Waals surface area contributed by atoms with Crippen LogP contribution < -0.4 is 0 Å². The third-order valence-corrected chi connectivity index (χ3v) is 3.75. The second-order valence-corrected chi connectivity index (χ2v) is 5.88. The summed E-state index contributed by atoms with van der Waals surface area (Å²) in [5, 5.41) is 0. The van der Waals surface area contributed by atoms with E-state index < -0.39 is 0 Å². The SMILES string of the molecule is Cc1cccc(C(C)(Cl)C(C)(C)C)c1. The van der Waals surface area contributed by atoms with Gasteiger partial charge in [-0.25, -0.2) is 0 Å². The summed E-state index contributed by atoms with van der Waals surface area (Å²) in [6.45, 7) is 10.7. The Hall–Kier alpha value is -0.490. The quantitative estimate of drug-likeness (QED) is 0.599. The Morgan fingerprint density at radius 1 is 1.07 bits per heavy atom. The highest BCUT2D eigenvalue weighted by atomic mass is 35.5. The van der Waals surface area contributed by atoms with Gasteiger partial charge in [0.1, 0.15) is 0 Å². The van der Waals surface area contributed by atoms with Gasteiger partial charge in [-0.15, -0.1) is 11.6 Å². The van der Waals surface area contributed by atoms with Crippen LogP contribution in [0.25, 0.3) is 0 Å². The maximum absolute atomic E-state index is 6.61. The van der Waals surface area contributed by atoms with Crippen molar-refractivity contribution in [2.75, 3.05) is 0 Å². The van der Waals surface area contributed by atoms with E-state index in [0.29, 0.717) is 0 Å². The van der Waals surface area contributed by atoms with Crippen LogP contribution in [0.3, 0.4) is 0 Å². The standard InChI is InChI=1S/C13H19Cl/c1-10-7-6-8-11(9-10)13(5,14)12(2,3)4/h6-9H,1-5H3. The lowest BCUT2D eigenvalue weighted by Gasteiger charge is -2.37. The van der Waals surface area contributed by atoms with E-state index in [1.165, 1.54) is 11.1 Å². The molecule has 1 atom stereocenters. The average Bonchev–Trinajstić information content (AvgIpc) is 2.02. The van der Waals surface area contributed by atoms with E-state index in [1.807, 2.05) is 0 Å². The molecule has 0 saturated carbocycles. The zero-order valence-corrected chi connectivity index (χ0v) is 10.4. The topological polar surface area (TPSA) is 0 Å². The molecule has 0 aromatic heterocycles. The third-order valence-electron chi connectivity index (χ3n) is 2.97. The molecule has 0 spiro atoms. The molecule has 0 radical (unpaired) electrons. The van der Waals surface area contributed by atoms with E-state index in [4.69, 9.17) is 11.6 Å². The van der Waals surface area contributed by atoms with E-state index >= 15 is 0 Å². The molecule has 0 bridgehead atoms. The fourth-order valence-corrected chi connectivity index (χ4v) is 1.49. The van der Waals surface area contributed by atoms with Crippen LogP contribution in [0, 0.1) is 12.3 Å². The maximum atomic E-state index is 6.61. The number of hydrogen-bond donors (Lipinski definition) is 0. The Kier molecular flexibility index (Phi) is 2.96. The van der Waals surface area contributed by atoms with Gasteiger partial charge in [-0.05, 0) is 24.8 Å². The van der Waals surface area contributed by atoms with Crippen LogP contribution in [0.1, 0.15) is 38.8 Å². The molecule has 0 aliphatic rings. The van der Waals surface area contributed by atoms with Crippen molar-refractivity contribution in [2.45, 2.75) is 39.5 Å². The van der Waals surface area contributed by atoms with Crippen molar-refractivity contribution in [3.05, 3.63) is 35.4 Å². The Morgan fingerprint density at radius 3 is 2.07 bits per heavy atom. The van der Waals surface area contributed by atoms with Gasteiger partial charge in [0.25, 0.3) is 0 Å². The number of halogens is 1. The zero-order chi connectivity index (χ0) is 11.0. The number of alkyl halides is 1. The summed E-state index contributed by atoms with van der Waals surface area (Å²) in [5.74, 6) is 0. The van der Waals surface area contributed by atoms with Gasteiger partial charge in [-0.3, -0.25) is 0 Å². The van der Waals surface area contributed by atoms with Gasteiger partial charge >= 0.3 is 0 Å².